The minimum Gasteiger partial charge on any atom is -0.396 e. The summed E-state index contributed by atoms with van der Waals surface area (Å²) in [4.78, 5) is 22.1. The summed E-state index contributed by atoms with van der Waals surface area (Å²) in [5.41, 5.74) is -0.753. The minimum atomic E-state index is -0.641. The number of carbonyl (C=O) groups is 1. The van der Waals surface area contributed by atoms with Gasteiger partial charge in [0.2, 0.25) is 0 Å². The first-order chi connectivity index (χ1) is 8.76. The van der Waals surface area contributed by atoms with Gasteiger partial charge in [-0.1, -0.05) is 11.6 Å². The molecule has 6 nitrogen and oxygen atoms in total. The average Bonchev–Trinajstić information content (AvgIpc) is 2.28. The second-order valence-electron chi connectivity index (χ2n) is 4.73. The summed E-state index contributed by atoms with van der Waals surface area (Å²) in [5.74, 6) is -0.446. The maximum atomic E-state index is 12.0. The third kappa shape index (κ3) is 4.18. The maximum absolute atomic E-state index is 12.0. The predicted octanol–water partition coefficient (Wildman–Crippen LogP) is 2.14. The van der Waals surface area contributed by atoms with Crippen LogP contribution in [0.2, 0.25) is 5.02 Å². The number of benzene rings is 1. The van der Waals surface area contributed by atoms with Crippen LogP contribution in [0.15, 0.2) is 18.2 Å². The monoisotopic (exact) mass is 286 g/mol. The van der Waals surface area contributed by atoms with Crippen LogP contribution in [0, 0.1) is 10.1 Å². The highest BCUT2D eigenvalue weighted by atomic mass is 35.5. The Bertz CT molecular complexity index is 503. The van der Waals surface area contributed by atoms with Crippen LogP contribution < -0.4 is 5.32 Å². The van der Waals surface area contributed by atoms with Crippen molar-refractivity contribution in [3.63, 3.8) is 0 Å². The molecule has 0 aliphatic rings. The smallest absolute Gasteiger partial charge is 0.288 e. The lowest BCUT2D eigenvalue weighted by Crippen LogP contribution is -2.44. The van der Waals surface area contributed by atoms with Gasteiger partial charge in [-0.3, -0.25) is 14.9 Å². The van der Waals surface area contributed by atoms with Crippen molar-refractivity contribution < 1.29 is 14.8 Å². The first-order valence-electron chi connectivity index (χ1n) is 5.64. The van der Waals surface area contributed by atoms with Gasteiger partial charge >= 0.3 is 0 Å². The average molecular weight is 287 g/mol. The van der Waals surface area contributed by atoms with Crippen LogP contribution in [0.3, 0.4) is 0 Å². The Hall–Kier alpha value is -1.66. The van der Waals surface area contributed by atoms with E-state index in [-0.39, 0.29) is 22.9 Å². The van der Waals surface area contributed by atoms with E-state index in [2.05, 4.69) is 5.32 Å². The third-order valence-corrected chi connectivity index (χ3v) is 2.91. The van der Waals surface area contributed by atoms with E-state index in [1.54, 1.807) is 13.8 Å². The lowest BCUT2D eigenvalue weighted by atomic mass is 10.0. The minimum absolute atomic E-state index is 0.0174. The van der Waals surface area contributed by atoms with Gasteiger partial charge in [-0.15, -0.1) is 0 Å². The van der Waals surface area contributed by atoms with Crippen LogP contribution in [-0.2, 0) is 0 Å². The maximum Gasteiger partial charge on any atom is 0.288 e. The van der Waals surface area contributed by atoms with Gasteiger partial charge in [0.15, 0.2) is 0 Å². The van der Waals surface area contributed by atoms with E-state index in [1.807, 2.05) is 0 Å². The van der Waals surface area contributed by atoms with E-state index in [4.69, 9.17) is 16.7 Å². The fourth-order valence-corrected chi connectivity index (χ4v) is 1.70. The Morgan fingerprint density at radius 3 is 2.68 bits per heavy atom. The van der Waals surface area contributed by atoms with Gasteiger partial charge in [0.05, 0.1) is 4.92 Å². The van der Waals surface area contributed by atoms with Crippen molar-refractivity contribution in [2.45, 2.75) is 25.8 Å². The normalized spacial score (nSPS) is 11.2. The van der Waals surface area contributed by atoms with E-state index < -0.39 is 16.4 Å². The zero-order chi connectivity index (χ0) is 14.6. The van der Waals surface area contributed by atoms with E-state index in [0.717, 1.165) is 6.07 Å². The number of amides is 1. The number of aliphatic hydroxyl groups is 1. The molecule has 0 saturated carbocycles. The first-order valence-corrected chi connectivity index (χ1v) is 6.02. The molecule has 0 atom stereocenters. The molecular weight excluding hydrogens is 272 g/mol. The van der Waals surface area contributed by atoms with E-state index in [0.29, 0.717) is 6.42 Å². The number of nitro benzene ring substituents is 1. The van der Waals surface area contributed by atoms with Crippen LogP contribution in [0.4, 0.5) is 5.69 Å². The zero-order valence-electron chi connectivity index (χ0n) is 10.6. The Kier molecular flexibility index (Phi) is 4.85. The largest absolute Gasteiger partial charge is 0.396 e. The Morgan fingerprint density at radius 1 is 1.53 bits per heavy atom. The molecule has 2 N–H and O–H groups in total. The predicted molar refractivity (Wildman–Crippen MR) is 71.4 cm³/mol. The Morgan fingerprint density at radius 2 is 2.16 bits per heavy atom. The molecule has 1 amide bonds. The molecule has 0 saturated heterocycles. The lowest BCUT2D eigenvalue weighted by Gasteiger charge is -2.25. The molecule has 1 rings (SSSR count). The summed E-state index contributed by atoms with van der Waals surface area (Å²) < 4.78 is 0. The fraction of sp³-hybridized carbons (Fsp3) is 0.417. The van der Waals surface area contributed by atoms with E-state index in [9.17, 15) is 14.9 Å². The number of rotatable bonds is 5. The molecule has 0 bridgehead atoms. The van der Waals surface area contributed by atoms with Gasteiger partial charge < -0.3 is 10.4 Å². The number of nitrogens with zero attached hydrogens (tertiary/aromatic N) is 1. The number of hydrogen-bond acceptors (Lipinski definition) is 4. The first kappa shape index (κ1) is 15.4. The van der Waals surface area contributed by atoms with Crippen LogP contribution in [0.25, 0.3) is 0 Å². The van der Waals surface area contributed by atoms with Crippen molar-refractivity contribution in [3.05, 3.63) is 38.9 Å². The molecular formula is C12H15ClN2O4. The van der Waals surface area contributed by atoms with Gasteiger partial charge in [0.1, 0.15) is 5.02 Å². The van der Waals surface area contributed by atoms with Gasteiger partial charge in [0, 0.05) is 23.8 Å². The molecule has 0 radical (unpaired) electrons. The topological polar surface area (TPSA) is 92.5 Å². The van der Waals surface area contributed by atoms with Crippen LogP contribution >= 0.6 is 11.6 Å². The molecule has 0 aliphatic carbocycles. The van der Waals surface area contributed by atoms with Gasteiger partial charge in [0.25, 0.3) is 11.6 Å². The molecule has 7 heteroatoms. The number of hydrogen-bond donors (Lipinski definition) is 2. The standard InChI is InChI=1S/C12H15ClN2O4/c1-12(2,5-6-16)14-11(17)8-3-4-9(13)10(7-8)15(18)19/h3-4,7,16H,5-6H2,1-2H3,(H,14,17). The van der Waals surface area contributed by atoms with Crippen LogP contribution in [0.1, 0.15) is 30.6 Å². The lowest BCUT2D eigenvalue weighted by molar-refractivity contribution is -0.384. The zero-order valence-corrected chi connectivity index (χ0v) is 11.4. The SMILES string of the molecule is CC(C)(CCO)NC(=O)c1ccc(Cl)c([N+](=O)[O-])c1. The van der Waals surface area contributed by atoms with Gasteiger partial charge in [-0.2, -0.15) is 0 Å². The highest BCUT2D eigenvalue weighted by Gasteiger charge is 2.22. The van der Waals surface area contributed by atoms with E-state index >= 15 is 0 Å². The second kappa shape index (κ2) is 5.99. The number of nitro groups is 1. The highest BCUT2D eigenvalue weighted by molar-refractivity contribution is 6.32. The van der Waals surface area contributed by atoms with Crippen molar-refractivity contribution in [1.29, 1.82) is 0 Å². The van der Waals surface area contributed by atoms with Crippen LogP contribution in [-0.4, -0.2) is 28.1 Å². The second-order valence-corrected chi connectivity index (χ2v) is 5.14. The summed E-state index contributed by atoms with van der Waals surface area (Å²) in [6.45, 7) is 3.45. The van der Waals surface area contributed by atoms with Crippen molar-refractivity contribution in [2.75, 3.05) is 6.61 Å². The van der Waals surface area contributed by atoms with Gasteiger partial charge in [-0.05, 0) is 32.4 Å². The highest BCUT2D eigenvalue weighted by Crippen LogP contribution is 2.25. The molecule has 1 aromatic carbocycles. The third-order valence-electron chi connectivity index (χ3n) is 2.59. The quantitative estimate of drug-likeness (QED) is 0.640. The summed E-state index contributed by atoms with van der Waals surface area (Å²) >= 11 is 5.67. The Labute approximate surface area is 115 Å². The molecule has 1 aromatic rings. The van der Waals surface area contributed by atoms with Crippen molar-refractivity contribution in [3.8, 4) is 0 Å². The van der Waals surface area contributed by atoms with Crippen molar-refractivity contribution >= 4 is 23.2 Å². The van der Waals surface area contributed by atoms with Crippen molar-refractivity contribution in [1.82, 2.24) is 5.32 Å². The number of halogens is 1. The fourth-order valence-electron chi connectivity index (χ4n) is 1.52. The summed E-state index contributed by atoms with van der Waals surface area (Å²) in [7, 11) is 0. The molecule has 0 unspecified atom stereocenters. The molecule has 0 fully saturated rings. The summed E-state index contributed by atoms with van der Waals surface area (Å²) in [5, 5.41) is 22.3. The molecule has 104 valence electrons. The molecule has 0 spiro atoms. The molecule has 0 heterocycles. The van der Waals surface area contributed by atoms with Crippen LogP contribution in [0.5, 0.6) is 0 Å². The molecule has 0 aliphatic heterocycles. The molecule has 19 heavy (non-hydrogen) atoms. The number of nitrogens with one attached hydrogen (secondary N) is 1. The Balaban J connectivity index is 2.95. The number of carbonyl (C=O) groups excluding carboxylic acids is 1. The summed E-state index contributed by atoms with van der Waals surface area (Å²) in [6.07, 6.45) is 0.383. The summed E-state index contributed by atoms with van der Waals surface area (Å²) in [6, 6.07) is 3.86. The molecule has 0 aromatic heterocycles. The number of aliphatic hydroxyl groups excluding tert-OH is 1. The van der Waals surface area contributed by atoms with E-state index in [1.165, 1.54) is 12.1 Å². The van der Waals surface area contributed by atoms with Crippen molar-refractivity contribution in [2.24, 2.45) is 0 Å². The van der Waals surface area contributed by atoms with Gasteiger partial charge in [-0.25, -0.2) is 0 Å².